The number of phenols is 1. The predicted molar refractivity (Wildman–Crippen MR) is 64.4 cm³/mol. The molecule has 0 amide bonds. The largest absolute Gasteiger partial charge is 0.507 e. The Balaban J connectivity index is 3.00. The Labute approximate surface area is 105 Å². The Morgan fingerprint density at radius 2 is 1.83 bits per heavy atom. The van der Waals surface area contributed by atoms with Crippen molar-refractivity contribution >= 4 is 11.9 Å². The second kappa shape index (κ2) is 6.64. The summed E-state index contributed by atoms with van der Waals surface area (Å²) in [5.74, 6) is -1.29. The normalized spacial score (nSPS) is 9.89. The van der Waals surface area contributed by atoms with Gasteiger partial charge in [-0.2, -0.15) is 0 Å². The Bertz CT molecular complexity index is 439. The van der Waals surface area contributed by atoms with Gasteiger partial charge in [-0.3, -0.25) is 4.79 Å². The molecule has 0 fully saturated rings. The molecule has 0 bridgehead atoms. The maximum atomic E-state index is 11.7. The van der Waals surface area contributed by atoms with Gasteiger partial charge in [-0.05, 0) is 25.5 Å². The average Bonchev–Trinajstić information content (AvgIpc) is 2.29. The summed E-state index contributed by atoms with van der Waals surface area (Å²) in [5, 5.41) is 9.68. The Hall–Kier alpha value is -2.04. The summed E-state index contributed by atoms with van der Waals surface area (Å²) < 4.78 is 9.65. The fourth-order valence-corrected chi connectivity index (χ4v) is 1.54. The van der Waals surface area contributed by atoms with Gasteiger partial charge in [0.25, 0.3) is 0 Å². The van der Waals surface area contributed by atoms with Gasteiger partial charge in [0.05, 0.1) is 19.6 Å². The van der Waals surface area contributed by atoms with Crippen LogP contribution in [-0.2, 0) is 20.7 Å². The number of phenolic OH excluding ortho intramolecular Hbond substituents is 1. The summed E-state index contributed by atoms with van der Waals surface area (Å²) >= 11 is 0. The zero-order valence-electron chi connectivity index (χ0n) is 10.4. The molecular weight excluding hydrogens is 236 g/mol. The number of carbonyl (C=O) groups excluding carboxylic acids is 2. The van der Waals surface area contributed by atoms with Crippen LogP contribution in [0.5, 0.6) is 5.75 Å². The fourth-order valence-electron chi connectivity index (χ4n) is 1.54. The number of benzene rings is 1. The first-order valence-electron chi connectivity index (χ1n) is 5.73. The quantitative estimate of drug-likeness (QED) is 0.807. The lowest BCUT2D eigenvalue weighted by Crippen LogP contribution is -2.13. The van der Waals surface area contributed by atoms with E-state index in [2.05, 4.69) is 0 Å². The lowest BCUT2D eigenvalue weighted by atomic mass is 10.0. The highest BCUT2D eigenvalue weighted by Gasteiger charge is 2.19. The first-order valence-corrected chi connectivity index (χ1v) is 5.73. The molecule has 0 aliphatic carbocycles. The van der Waals surface area contributed by atoms with E-state index in [-0.39, 0.29) is 30.9 Å². The summed E-state index contributed by atoms with van der Waals surface area (Å²) in [6, 6.07) is 4.52. The molecule has 1 N–H and O–H groups in total. The third-order valence-corrected chi connectivity index (χ3v) is 2.25. The van der Waals surface area contributed by atoms with Gasteiger partial charge < -0.3 is 14.6 Å². The van der Waals surface area contributed by atoms with Crippen LogP contribution < -0.4 is 0 Å². The molecule has 0 aliphatic rings. The third-order valence-electron chi connectivity index (χ3n) is 2.25. The standard InChI is InChI=1S/C13H16O5/c1-3-17-11(15)8-9-6-5-7-10(14)12(9)13(16)18-4-2/h5-7,14H,3-4,8H2,1-2H3. The van der Waals surface area contributed by atoms with E-state index in [1.165, 1.54) is 6.07 Å². The van der Waals surface area contributed by atoms with Crippen molar-refractivity contribution < 1.29 is 24.2 Å². The van der Waals surface area contributed by atoms with Gasteiger partial charge in [0.15, 0.2) is 0 Å². The molecule has 0 unspecified atom stereocenters. The molecule has 5 nitrogen and oxygen atoms in total. The highest BCUT2D eigenvalue weighted by molar-refractivity contribution is 5.95. The molecule has 0 spiro atoms. The maximum absolute atomic E-state index is 11.7. The molecule has 0 aliphatic heterocycles. The molecule has 0 radical (unpaired) electrons. The first kappa shape index (κ1) is 14.0. The zero-order valence-corrected chi connectivity index (χ0v) is 10.4. The minimum absolute atomic E-state index is 0.0207. The van der Waals surface area contributed by atoms with E-state index in [1.54, 1.807) is 26.0 Å². The number of esters is 2. The molecule has 1 aromatic carbocycles. The lowest BCUT2D eigenvalue weighted by molar-refractivity contribution is -0.142. The van der Waals surface area contributed by atoms with Crippen molar-refractivity contribution in [1.29, 1.82) is 0 Å². The van der Waals surface area contributed by atoms with Crippen LogP contribution in [0.15, 0.2) is 18.2 Å². The van der Waals surface area contributed by atoms with E-state index in [0.29, 0.717) is 5.56 Å². The van der Waals surface area contributed by atoms with Crippen LogP contribution in [0, 0.1) is 0 Å². The summed E-state index contributed by atoms with van der Waals surface area (Å²) in [6.45, 7) is 3.84. The number of hydrogen-bond acceptors (Lipinski definition) is 5. The highest BCUT2D eigenvalue weighted by atomic mass is 16.5. The van der Waals surface area contributed by atoms with Crippen molar-refractivity contribution in [2.45, 2.75) is 20.3 Å². The number of ether oxygens (including phenoxy) is 2. The van der Waals surface area contributed by atoms with Crippen molar-refractivity contribution in [2.75, 3.05) is 13.2 Å². The number of carbonyl (C=O) groups is 2. The maximum Gasteiger partial charge on any atom is 0.342 e. The highest BCUT2D eigenvalue weighted by Crippen LogP contribution is 2.22. The van der Waals surface area contributed by atoms with Gasteiger partial charge in [-0.15, -0.1) is 0 Å². The second-order valence-electron chi connectivity index (χ2n) is 3.51. The first-order chi connectivity index (χ1) is 8.60. The zero-order chi connectivity index (χ0) is 13.5. The molecule has 5 heteroatoms. The molecule has 18 heavy (non-hydrogen) atoms. The molecule has 1 rings (SSSR count). The number of rotatable bonds is 5. The molecule has 0 saturated carbocycles. The van der Waals surface area contributed by atoms with Gasteiger partial charge in [0.2, 0.25) is 0 Å². The van der Waals surface area contributed by atoms with E-state index >= 15 is 0 Å². The van der Waals surface area contributed by atoms with Crippen molar-refractivity contribution in [3.63, 3.8) is 0 Å². The fraction of sp³-hybridized carbons (Fsp3) is 0.385. The van der Waals surface area contributed by atoms with E-state index in [0.717, 1.165) is 0 Å². The van der Waals surface area contributed by atoms with E-state index in [9.17, 15) is 14.7 Å². The van der Waals surface area contributed by atoms with Crippen molar-refractivity contribution in [1.82, 2.24) is 0 Å². The van der Waals surface area contributed by atoms with Crippen LogP contribution in [0.2, 0.25) is 0 Å². The van der Waals surface area contributed by atoms with E-state index in [4.69, 9.17) is 9.47 Å². The number of aromatic hydroxyl groups is 1. The summed E-state index contributed by atoms with van der Waals surface area (Å²) in [7, 11) is 0. The van der Waals surface area contributed by atoms with Crippen LogP contribution in [0.4, 0.5) is 0 Å². The second-order valence-corrected chi connectivity index (χ2v) is 3.51. The Morgan fingerprint density at radius 3 is 2.44 bits per heavy atom. The van der Waals surface area contributed by atoms with Crippen LogP contribution in [-0.4, -0.2) is 30.3 Å². The third kappa shape index (κ3) is 3.48. The topological polar surface area (TPSA) is 72.8 Å². The van der Waals surface area contributed by atoms with Crippen LogP contribution in [0.3, 0.4) is 0 Å². The molecule has 1 aromatic rings. The predicted octanol–water partition coefficient (Wildman–Crippen LogP) is 1.67. The van der Waals surface area contributed by atoms with Gasteiger partial charge in [-0.25, -0.2) is 4.79 Å². The smallest absolute Gasteiger partial charge is 0.342 e. The van der Waals surface area contributed by atoms with Gasteiger partial charge >= 0.3 is 11.9 Å². The van der Waals surface area contributed by atoms with Crippen molar-refractivity contribution in [3.8, 4) is 5.75 Å². The minimum Gasteiger partial charge on any atom is -0.507 e. The van der Waals surface area contributed by atoms with Crippen LogP contribution in [0.1, 0.15) is 29.8 Å². The average molecular weight is 252 g/mol. The SMILES string of the molecule is CCOC(=O)Cc1cccc(O)c1C(=O)OCC. The molecular formula is C13H16O5. The Kier molecular flexibility index (Phi) is 5.17. The van der Waals surface area contributed by atoms with Crippen LogP contribution >= 0.6 is 0 Å². The Morgan fingerprint density at radius 1 is 1.17 bits per heavy atom. The van der Waals surface area contributed by atoms with Gasteiger partial charge in [0, 0.05) is 0 Å². The minimum atomic E-state index is -0.644. The monoisotopic (exact) mass is 252 g/mol. The lowest BCUT2D eigenvalue weighted by Gasteiger charge is -2.10. The van der Waals surface area contributed by atoms with Crippen molar-refractivity contribution in [3.05, 3.63) is 29.3 Å². The van der Waals surface area contributed by atoms with Crippen molar-refractivity contribution in [2.24, 2.45) is 0 Å². The van der Waals surface area contributed by atoms with Gasteiger partial charge in [-0.1, -0.05) is 12.1 Å². The van der Waals surface area contributed by atoms with Gasteiger partial charge in [0.1, 0.15) is 11.3 Å². The summed E-state index contributed by atoms with van der Waals surface area (Å²) in [4.78, 5) is 23.1. The van der Waals surface area contributed by atoms with Crippen LogP contribution in [0.25, 0.3) is 0 Å². The molecule has 98 valence electrons. The summed E-state index contributed by atoms with van der Waals surface area (Å²) in [6.07, 6.45) is -0.0730. The molecule has 0 saturated heterocycles. The number of hydrogen-bond donors (Lipinski definition) is 1. The van der Waals surface area contributed by atoms with E-state index in [1.807, 2.05) is 0 Å². The molecule has 0 atom stereocenters. The summed E-state index contributed by atoms with van der Waals surface area (Å²) in [5.41, 5.74) is 0.416. The van der Waals surface area contributed by atoms with E-state index < -0.39 is 11.9 Å². The molecule has 0 heterocycles. The molecule has 0 aromatic heterocycles.